The van der Waals surface area contributed by atoms with E-state index in [4.69, 9.17) is 11.6 Å². The molecule has 1 atom stereocenters. The maximum absolute atomic E-state index is 14.4. The van der Waals surface area contributed by atoms with E-state index in [1.54, 1.807) is 19.2 Å². The Morgan fingerprint density at radius 2 is 2.13 bits per heavy atom. The summed E-state index contributed by atoms with van der Waals surface area (Å²) in [5.74, 6) is -0.0799. The molecule has 1 amide bonds. The Balaban J connectivity index is 1.72. The Morgan fingerprint density at radius 1 is 1.29 bits per heavy atom. The van der Waals surface area contributed by atoms with Crippen LogP contribution in [0.1, 0.15) is 35.0 Å². The number of aryl methyl sites for hydroxylation is 1. The second-order valence-corrected chi connectivity index (χ2v) is 7.84. The lowest BCUT2D eigenvalue weighted by Gasteiger charge is -2.15. The van der Waals surface area contributed by atoms with Crippen LogP contribution in [0.5, 0.6) is 0 Å². The number of benzene rings is 1. The zero-order chi connectivity index (χ0) is 22.0. The van der Waals surface area contributed by atoms with Gasteiger partial charge < -0.3 is 15.7 Å². The van der Waals surface area contributed by atoms with Gasteiger partial charge in [0.25, 0.3) is 5.91 Å². The van der Waals surface area contributed by atoms with Gasteiger partial charge >= 0.3 is 0 Å². The van der Waals surface area contributed by atoms with Crippen molar-refractivity contribution in [2.45, 2.75) is 32.3 Å². The lowest BCUT2D eigenvalue weighted by molar-refractivity contribution is 0.0924. The number of fused-ring (bicyclic) bond motifs is 1. The van der Waals surface area contributed by atoms with E-state index >= 15 is 0 Å². The van der Waals surface area contributed by atoms with Crippen LogP contribution < -0.4 is 10.6 Å². The number of hydrogen-bond acceptors (Lipinski definition) is 6. The average Bonchev–Trinajstić information content (AvgIpc) is 3.23. The van der Waals surface area contributed by atoms with Crippen LogP contribution in [0.15, 0.2) is 36.7 Å². The lowest BCUT2D eigenvalue weighted by Crippen LogP contribution is -2.31. The predicted molar refractivity (Wildman–Crippen MR) is 116 cm³/mol. The number of aliphatic hydroxyl groups is 1. The van der Waals surface area contributed by atoms with Gasteiger partial charge in [0.15, 0.2) is 5.82 Å². The monoisotopic (exact) mass is 441 g/mol. The maximum Gasteiger partial charge on any atom is 0.255 e. The molecule has 7 nitrogen and oxygen atoms in total. The molecule has 0 unspecified atom stereocenters. The van der Waals surface area contributed by atoms with Crippen LogP contribution in [0.3, 0.4) is 0 Å². The summed E-state index contributed by atoms with van der Waals surface area (Å²) in [7, 11) is 0. The number of halogens is 2. The van der Waals surface area contributed by atoms with Gasteiger partial charge in [0, 0.05) is 35.2 Å². The van der Waals surface area contributed by atoms with E-state index in [0.717, 1.165) is 30.5 Å². The Morgan fingerprint density at radius 3 is 2.94 bits per heavy atom. The molecule has 31 heavy (non-hydrogen) atoms. The van der Waals surface area contributed by atoms with Crippen molar-refractivity contribution in [3.8, 4) is 11.4 Å². The third-order valence-electron chi connectivity index (χ3n) is 4.98. The average molecular weight is 442 g/mol. The van der Waals surface area contributed by atoms with Gasteiger partial charge in [-0.1, -0.05) is 11.6 Å². The van der Waals surface area contributed by atoms with Crippen LogP contribution in [0.2, 0.25) is 5.02 Å². The van der Waals surface area contributed by atoms with Gasteiger partial charge in [0.05, 0.1) is 22.9 Å². The van der Waals surface area contributed by atoms with Gasteiger partial charge in [-0.15, -0.1) is 0 Å². The molecule has 3 aromatic rings. The fourth-order valence-electron chi connectivity index (χ4n) is 3.47. The quantitative estimate of drug-likeness (QED) is 0.539. The molecular weight excluding hydrogens is 421 g/mol. The number of hydrogen-bond donors (Lipinski definition) is 3. The zero-order valence-corrected chi connectivity index (χ0v) is 17.6. The van der Waals surface area contributed by atoms with Crippen molar-refractivity contribution in [1.82, 2.24) is 20.3 Å². The number of carbonyl (C=O) groups is 1. The van der Waals surface area contributed by atoms with E-state index in [9.17, 15) is 14.3 Å². The highest BCUT2D eigenvalue weighted by molar-refractivity contribution is 6.30. The Hall–Kier alpha value is -3.10. The predicted octanol–water partition coefficient (Wildman–Crippen LogP) is 3.67. The first-order chi connectivity index (χ1) is 14.9. The van der Waals surface area contributed by atoms with Crippen molar-refractivity contribution >= 4 is 29.0 Å². The van der Waals surface area contributed by atoms with Crippen LogP contribution >= 0.6 is 11.6 Å². The summed E-state index contributed by atoms with van der Waals surface area (Å²) in [6.45, 7) is 1.71. The summed E-state index contributed by atoms with van der Waals surface area (Å²) in [4.78, 5) is 25.7. The number of aromatic nitrogens is 3. The standard InChI is InChI=1S/C22H21ClFN5O2/c1-12(30)10-26-22(31)16-11-25-8-7-19(16)28-20-14-3-2-4-18(14)27-21(29-20)15-9-13(23)5-6-17(15)24/h5-9,11-12,30H,2-4,10H2,1H3,(H,26,31)(H,25,27,28,29)/t12-/m0/s1. The summed E-state index contributed by atoms with van der Waals surface area (Å²) < 4.78 is 14.4. The summed E-state index contributed by atoms with van der Waals surface area (Å²) in [5, 5.41) is 15.7. The topological polar surface area (TPSA) is 100 Å². The van der Waals surface area contributed by atoms with Gasteiger partial charge in [0.2, 0.25) is 0 Å². The number of pyridine rings is 1. The molecule has 0 saturated carbocycles. The Kier molecular flexibility index (Phi) is 6.11. The molecule has 4 rings (SSSR count). The van der Waals surface area contributed by atoms with E-state index in [1.807, 2.05) is 0 Å². The smallest absolute Gasteiger partial charge is 0.255 e. The molecule has 1 aliphatic rings. The van der Waals surface area contributed by atoms with Crippen LogP contribution in [0.4, 0.5) is 15.9 Å². The molecule has 0 spiro atoms. The normalized spacial score (nSPS) is 13.5. The number of anilines is 2. The van der Waals surface area contributed by atoms with Crippen molar-refractivity contribution in [1.29, 1.82) is 0 Å². The summed E-state index contributed by atoms with van der Waals surface area (Å²) in [5.41, 5.74) is 2.82. The van der Waals surface area contributed by atoms with Crippen molar-refractivity contribution < 1.29 is 14.3 Å². The number of rotatable bonds is 6. The van der Waals surface area contributed by atoms with Gasteiger partial charge in [-0.25, -0.2) is 14.4 Å². The fraction of sp³-hybridized carbons (Fsp3) is 0.273. The van der Waals surface area contributed by atoms with E-state index in [0.29, 0.717) is 22.1 Å². The molecule has 0 bridgehead atoms. The van der Waals surface area contributed by atoms with E-state index < -0.39 is 11.9 Å². The molecular formula is C22H21ClFN5O2. The second kappa shape index (κ2) is 8.95. The van der Waals surface area contributed by atoms with E-state index in [-0.39, 0.29) is 23.8 Å². The van der Waals surface area contributed by atoms with Gasteiger partial charge in [0.1, 0.15) is 11.6 Å². The number of nitrogens with one attached hydrogen (secondary N) is 2. The minimum absolute atomic E-state index is 0.119. The number of carbonyl (C=O) groups excluding carboxylic acids is 1. The summed E-state index contributed by atoms with van der Waals surface area (Å²) in [6, 6.07) is 5.93. The minimum Gasteiger partial charge on any atom is -0.392 e. The zero-order valence-electron chi connectivity index (χ0n) is 16.8. The molecule has 2 aromatic heterocycles. The molecule has 3 N–H and O–H groups in total. The highest BCUT2D eigenvalue weighted by Gasteiger charge is 2.22. The van der Waals surface area contributed by atoms with Crippen molar-refractivity contribution in [2.24, 2.45) is 0 Å². The largest absolute Gasteiger partial charge is 0.392 e. The molecule has 1 aromatic carbocycles. The third kappa shape index (κ3) is 4.65. The van der Waals surface area contributed by atoms with Crippen molar-refractivity contribution in [3.63, 3.8) is 0 Å². The summed E-state index contributed by atoms with van der Waals surface area (Å²) >= 11 is 6.05. The molecule has 9 heteroatoms. The molecule has 160 valence electrons. The van der Waals surface area contributed by atoms with Crippen LogP contribution in [0, 0.1) is 5.82 Å². The van der Waals surface area contributed by atoms with Gasteiger partial charge in [-0.05, 0) is 50.5 Å². The van der Waals surface area contributed by atoms with Gasteiger partial charge in [-0.2, -0.15) is 0 Å². The highest BCUT2D eigenvalue weighted by Crippen LogP contribution is 2.33. The SMILES string of the molecule is C[C@H](O)CNC(=O)c1cnccc1Nc1nc(-c2cc(Cl)ccc2F)nc2c1CCC2. The van der Waals surface area contributed by atoms with E-state index in [2.05, 4.69) is 25.6 Å². The highest BCUT2D eigenvalue weighted by atomic mass is 35.5. The third-order valence-corrected chi connectivity index (χ3v) is 5.21. The maximum atomic E-state index is 14.4. The number of amides is 1. The van der Waals surface area contributed by atoms with E-state index in [1.165, 1.54) is 24.4 Å². The Labute approximate surface area is 183 Å². The minimum atomic E-state index is -0.669. The van der Waals surface area contributed by atoms with Crippen LogP contribution in [-0.4, -0.2) is 38.6 Å². The number of aliphatic hydroxyl groups excluding tert-OH is 1. The van der Waals surface area contributed by atoms with Crippen LogP contribution in [0.25, 0.3) is 11.4 Å². The molecule has 0 radical (unpaired) electrons. The molecule has 2 heterocycles. The molecule has 0 saturated heterocycles. The Bertz CT molecular complexity index is 1140. The molecule has 0 aliphatic heterocycles. The lowest BCUT2D eigenvalue weighted by atomic mass is 10.1. The number of nitrogens with zero attached hydrogens (tertiary/aromatic N) is 3. The molecule has 1 aliphatic carbocycles. The molecule has 0 fully saturated rings. The summed E-state index contributed by atoms with van der Waals surface area (Å²) in [6.07, 6.45) is 4.80. The first kappa shape index (κ1) is 21.1. The van der Waals surface area contributed by atoms with Crippen LogP contribution in [-0.2, 0) is 12.8 Å². The first-order valence-electron chi connectivity index (χ1n) is 9.95. The van der Waals surface area contributed by atoms with Gasteiger partial charge in [-0.3, -0.25) is 9.78 Å². The second-order valence-electron chi connectivity index (χ2n) is 7.40. The fourth-order valence-corrected chi connectivity index (χ4v) is 3.64. The van der Waals surface area contributed by atoms with Crippen molar-refractivity contribution in [3.05, 3.63) is 64.3 Å². The first-order valence-corrected chi connectivity index (χ1v) is 10.3. The van der Waals surface area contributed by atoms with Crippen molar-refractivity contribution in [2.75, 3.05) is 11.9 Å².